The van der Waals surface area contributed by atoms with E-state index in [1.165, 1.54) is 14.2 Å². The van der Waals surface area contributed by atoms with E-state index in [0.717, 1.165) is 5.56 Å². The van der Waals surface area contributed by atoms with Gasteiger partial charge in [0.1, 0.15) is 60.5 Å². The lowest BCUT2D eigenvalue weighted by Gasteiger charge is -2.39. The Morgan fingerprint density at radius 1 is 1.02 bits per heavy atom. The molecule has 1 fully saturated rings. The van der Waals surface area contributed by atoms with Crippen LogP contribution >= 0.6 is 0 Å². The highest BCUT2D eigenvalue weighted by molar-refractivity contribution is 6.06. The lowest BCUT2D eigenvalue weighted by Crippen LogP contribution is -2.59. The molecule has 1 saturated heterocycles. The van der Waals surface area contributed by atoms with Crippen LogP contribution in [0.1, 0.15) is 27.4 Å². The Labute approximate surface area is 235 Å². The molecule has 0 aromatic heterocycles. The molecule has 4 aliphatic heterocycles. The zero-order valence-electron chi connectivity index (χ0n) is 22.5. The zero-order chi connectivity index (χ0) is 29.0. The van der Waals surface area contributed by atoms with Crippen molar-refractivity contribution in [2.24, 2.45) is 0 Å². The molecule has 0 saturated carbocycles. The molecule has 41 heavy (non-hydrogen) atoms. The van der Waals surface area contributed by atoms with Crippen molar-refractivity contribution in [2.45, 2.75) is 55.3 Å². The molecular formula is C29H32O12. The van der Waals surface area contributed by atoms with Gasteiger partial charge < -0.3 is 53.6 Å². The highest BCUT2D eigenvalue weighted by atomic mass is 16.7. The minimum absolute atomic E-state index is 0.0933. The maximum atomic E-state index is 13.8. The summed E-state index contributed by atoms with van der Waals surface area (Å²) in [6.07, 6.45) is -7.62. The van der Waals surface area contributed by atoms with Gasteiger partial charge in [-0.2, -0.15) is 0 Å². The number of benzene rings is 2. The van der Waals surface area contributed by atoms with Gasteiger partial charge in [-0.1, -0.05) is 6.58 Å². The summed E-state index contributed by atoms with van der Waals surface area (Å²) in [7, 11) is 3.06. The van der Waals surface area contributed by atoms with Crippen LogP contribution in [-0.4, -0.2) is 103 Å². The Hall–Kier alpha value is -3.39. The van der Waals surface area contributed by atoms with Crippen LogP contribution in [0.25, 0.3) is 0 Å². The van der Waals surface area contributed by atoms with Gasteiger partial charge in [0.25, 0.3) is 0 Å². The lowest BCUT2D eigenvalue weighted by molar-refractivity contribution is -0.299. The van der Waals surface area contributed by atoms with Crippen LogP contribution in [0.15, 0.2) is 36.4 Å². The summed E-state index contributed by atoms with van der Waals surface area (Å²) in [5.74, 6) is 1.87. The van der Waals surface area contributed by atoms with Gasteiger partial charge in [0.15, 0.2) is 23.6 Å². The summed E-state index contributed by atoms with van der Waals surface area (Å²) < 4.78 is 40.3. The molecule has 12 nitrogen and oxygen atoms in total. The van der Waals surface area contributed by atoms with Crippen LogP contribution in [0.4, 0.5) is 0 Å². The third kappa shape index (κ3) is 4.60. The van der Waals surface area contributed by atoms with Crippen molar-refractivity contribution >= 4 is 5.78 Å². The highest BCUT2D eigenvalue weighted by Crippen LogP contribution is 2.50. The molecule has 2 aromatic carbocycles. The van der Waals surface area contributed by atoms with Crippen molar-refractivity contribution < 1.29 is 58.4 Å². The van der Waals surface area contributed by atoms with Crippen LogP contribution in [0.3, 0.4) is 0 Å². The first-order valence-corrected chi connectivity index (χ1v) is 13.3. The molecule has 0 aliphatic carbocycles. The molecule has 4 N–H and O–H groups in total. The van der Waals surface area contributed by atoms with Crippen molar-refractivity contribution in [2.75, 3.05) is 34.0 Å². The van der Waals surface area contributed by atoms with Gasteiger partial charge in [-0.3, -0.25) is 4.79 Å². The standard InChI is InChI=1S/C29H32O12/c1-12(10-38-29-27(34)26(33)25(32)21(9-30)41-29)17-7-15-16(39-17)5-4-13-24(31)23-14-6-19(35-2)20(36-3)8-18(14)37-11-22(23)40-28(13)15/h4-6,8,17,21-23,25-27,29-30,32-34H,1,7,9-11H2,2-3H3/t17-,21-,22-,23+,25+,26-,27+,29+/m0/s1. The number of aliphatic hydroxyl groups is 4. The quantitative estimate of drug-likeness (QED) is 0.341. The first-order chi connectivity index (χ1) is 19.7. The number of hydrogen-bond acceptors (Lipinski definition) is 12. The molecule has 12 heteroatoms. The number of methoxy groups -OCH3 is 2. The smallest absolute Gasteiger partial charge is 0.187 e. The molecule has 0 radical (unpaired) electrons. The molecule has 6 rings (SSSR count). The summed E-state index contributed by atoms with van der Waals surface area (Å²) in [6.45, 7) is 3.57. The highest BCUT2D eigenvalue weighted by Gasteiger charge is 2.47. The molecule has 2 aromatic rings. The molecule has 0 amide bonds. The summed E-state index contributed by atoms with van der Waals surface area (Å²) >= 11 is 0. The average molecular weight is 573 g/mol. The van der Waals surface area contributed by atoms with Crippen molar-refractivity contribution in [3.63, 3.8) is 0 Å². The molecule has 4 heterocycles. The molecule has 0 unspecified atom stereocenters. The molecule has 220 valence electrons. The molecular weight excluding hydrogens is 540 g/mol. The van der Waals surface area contributed by atoms with E-state index in [9.17, 15) is 25.2 Å². The van der Waals surface area contributed by atoms with Crippen molar-refractivity contribution in [1.82, 2.24) is 0 Å². The molecule has 0 spiro atoms. The lowest BCUT2D eigenvalue weighted by atomic mass is 9.81. The summed E-state index contributed by atoms with van der Waals surface area (Å²) in [5, 5.41) is 39.6. The second-order valence-corrected chi connectivity index (χ2v) is 10.5. The molecule has 4 aliphatic rings. The largest absolute Gasteiger partial charge is 0.493 e. The Kier molecular flexibility index (Phi) is 7.30. The average Bonchev–Trinajstić information content (AvgIpc) is 3.44. The number of ether oxygens (including phenoxy) is 7. The number of carbonyl (C=O) groups excluding carboxylic acids is 1. The number of hydrogen-bond donors (Lipinski definition) is 4. The fourth-order valence-electron chi connectivity index (χ4n) is 5.78. The third-order valence-electron chi connectivity index (χ3n) is 8.06. The topological polar surface area (TPSA) is 163 Å². The maximum Gasteiger partial charge on any atom is 0.187 e. The Morgan fingerprint density at radius 2 is 1.78 bits per heavy atom. The van der Waals surface area contributed by atoms with Crippen molar-refractivity contribution in [3.8, 4) is 28.7 Å². The second kappa shape index (κ2) is 10.8. The zero-order valence-corrected chi connectivity index (χ0v) is 22.5. The van der Waals surface area contributed by atoms with Crippen LogP contribution in [0, 0.1) is 0 Å². The van der Waals surface area contributed by atoms with Crippen LogP contribution in [0.2, 0.25) is 0 Å². The molecule has 0 bridgehead atoms. The number of carbonyl (C=O) groups is 1. The fourth-order valence-corrected chi connectivity index (χ4v) is 5.78. The number of aliphatic hydroxyl groups excluding tert-OH is 4. The van der Waals surface area contributed by atoms with Crippen molar-refractivity contribution in [3.05, 3.63) is 53.1 Å². The van der Waals surface area contributed by atoms with Gasteiger partial charge in [-0.05, 0) is 23.8 Å². The van der Waals surface area contributed by atoms with E-state index in [4.69, 9.17) is 33.2 Å². The molecule has 8 atom stereocenters. The van der Waals surface area contributed by atoms with Crippen LogP contribution in [-0.2, 0) is 15.9 Å². The summed E-state index contributed by atoms with van der Waals surface area (Å²) in [6, 6.07) is 6.89. The Bertz CT molecular complexity index is 1360. The van der Waals surface area contributed by atoms with Crippen molar-refractivity contribution in [1.29, 1.82) is 0 Å². The number of Topliss-reactive ketones (excluding diaryl/α,β-unsaturated/α-hetero) is 1. The van der Waals surface area contributed by atoms with Gasteiger partial charge in [0.2, 0.25) is 0 Å². The Balaban J connectivity index is 1.18. The van der Waals surface area contributed by atoms with Gasteiger partial charge in [-0.25, -0.2) is 0 Å². The van der Waals surface area contributed by atoms with Gasteiger partial charge in [0, 0.05) is 23.6 Å². The van der Waals surface area contributed by atoms with E-state index in [-0.39, 0.29) is 19.0 Å². The van der Waals surface area contributed by atoms with E-state index in [1.54, 1.807) is 24.3 Å². The number of rotatable bonds is 7. The predicted octanol–water partition coefficient (Wildman–Crippen LogP) is 0.500. The van der Waals surface area contributed by atoms with E-state index >= 15 is 0 Å². The van der Waals surface area contributed by atoms with Crippen LogP contribution < -0.4 is 23.7 Å². The normalized spacial score (nSPS) is 31.4. The SMILES string of the molecule is C=C(CO[C@@H]1O[C@@H](CO)[C@@H](O)[C@H](O)[C@H]1O)[C@@H]1Cc2c(ccc3c2O[C@H]2COc4cc(OC)c(OC)cc4[C@H]2C3=O)O1. The summed E-state index contributed by atoms with van der Waals surface area (Å²) in [5.41, 5.74) is 2.36. The van der Waals surface area contributed by atoms with Gasteiger partial charge in [-0.15, -0.1) is 0 Å². The minimum Gasteiger partial charge on any atom is -0.493 e. The van der Waals surface area contributed by atoms with E-state index in [2.05, 4.69) is 6.58 Å². The number of fused-ring (bicyclic) bond motifs is 6. The maximum absolute atomic E-state index is 13.8. The van der Waals surface area contributed by atoms with Gasteiger partial charge >= 0.3 is 0 Å². The fraction of sp³-hybridized carbons (Fsp3) is 0.483. The second-order valence-electron chi connectivity index (χ2n) is 10.5. The monoisotopic (exact) mass is 572 g/mol. The number of ketones is 1. The van der Waals surface area contributed by atoms with E-state index < -0.39 is 55.4 Å². The van der Waals surface area contributed by atoms with E-state index in [1.807, 2.05) is 0 Å². The third-order valence-corrected chi connectivity index (χ3v) is 8.06. The first kappa shape index (κ1) is 27.8. The minimum atomic E-state index is -1.55. The first-order valence-electron chi connectivity index (χ1n) is 13.3. The Morgan fingerprint density at radius 3 is 2.51 bits per heavy atom. The predicted molar refractivity (Wildman–Crippen MR) is 140 cm³/mol. The summed E-state index contributed by atoms with van der Waals surface area (Å²) in [4.78, 5) is 13.8. The van der Waals surface area contributed by atoms with Gasteiger partial charge in [0.05, 0.1) is 38.9 Å². The van der Waals surface area contributed by atoms with Crippen LogP contribution in [0.5, 0.6) is 28.7 Å². The van der Waals surface area contributed by atoms with E-state index in [0.29, 0.717) is 51.9 Å².